The second-order valence-electron chi connectivity index (χ2n) is 8.42. The first-order valence-electron chi connectivity index (χ1n) is 10.2. The number of aromatic nitrogens is 1. The van der Waals surface area contributed by atoms with Crippen molar-refractivity contribution in [2.24, 2.45) is 34.8 Å². The van der Waals surface area contributed by atoms with Crippen LogP contribution in [-0.4, -0.2) is 16.8 Å². The van der Waals surface area contributed by atoms with Crippen LogP contribution in [0.3, 0.4) is 0 Å². The van der Waals surface area contributed by atoms with Crippen molar-refractivity contribution in [1.29, 1.82) is 0 Å². The number of rotatable bonds is 6. The van der Waals surface area contributed by atoms with Crippen LogP contribution in [0.25, 0.3) is 0 Å². The van der Waals surface area contributed by atoms with Gasteiger partial charge >= 0.3 is 0 Å². The number of benzene rings is 1. The Bertz CT molecular complexity index is 1010. The molecule has 1 aromatic heterocycles. The van der Waals surface area contributed by atoms with Crippen molar-refractivity contribution >= 4 is 44.2 Å². The van der Waals surface area contributed by atoms with Crippen molar-refractivity contribution in [3.05, 3.63) is 57.5 Å². The number of allylic oxidation sites excluding steroid dienone is 2. The van der Waals surface area contributed by atoms with Crippen LogP contribution in [-0.2, 0) is 22.7 Å². The summed E-state index contributed by atoms with van der Waals surface area (Å²) in [5, 5.41) is 6.57. The molecule has 8 heteroatoms. The van der Waals surface area contributed by atoms with E-state index in [1.165, 1.54) is 11.3 Å². The molecule has 6 nitrogen and oxygen atoms in total. The quantitative estimate of drug-likeness (QED) is 0.544. The smallest absolute Gasteiger partial charge is 0.230 e. The Balaban J connectivity index is 1.32. The first-order chi connectivity index (χ1) is 14.5. The Labute approximate surface area is 187 Å². The minimum Gasteiger partial charge on any atom is -0.352 e. The molecule has 0 unspecified atom stereocenters. The van der Waals surface area contributed by atoms with Crippen LogP contribution in [0, 0.1) is 29.1 Å². The average Bonchev–Trinajstić information content (AvgIpc) is 3.25. The molecule has 1 spiro atoms. The van der Waals surface area contributed by atoms with Gasteiger partial charge in [-0.25, -0.2) is 4.98 Å². The van der Waals surface area contributed by atoms with Gasteiger partial charge in [0.05, 0.1) is 21.8 Å². The highest BCUT2D eigenvalue weighted by Crippen LogP contribution is 2.72. The second kappa shape index (κ2) is 7.59. The molecule has 5 rings (SSSR count). The maximum Gasteiger partial charge on any atom is 0.230 e. The summed E-state index contributed by atoms with van der Waals surface area (Å²) in [5.74, 6) is -0.570. The van der Waals surface area contributed by atoms with Crippen molar-refractivity contribution < 1.29 is 9.59 Å². The van der Waals surface area contributed by atoms with E-state index < -0.39 is 0 Å². The first kappa shape index (κ1) is 19.9. The number of thiazole rings is 1. The van der Waals surface area contributed by atoms with Crippen molar-refractivity contribution in [2.45, 2.75) is 25.9 Å². The number of amides is 2. The van der Waals surface area contributed by atoms with Crippen LogP contribution >= 0.6 is 27.3 Å². The molecule has 30 heavy (non-hydrogen) atoms. The molecule has 0 aliphatic heterocycles. The maximum atomic E-state index is 13.3. The third-order valence-corrected chi connectivity index (χ3v) is 8.27. The Kier molecular flexibility index (Phi) is 5.03. The minimum atomic E-state index is -0.357. The maximum absolute atomic E-state index is 13.3. The molecule has 1 heterocycles. The summed E-state index contributed by atoms with van der Waals surface area (Å²) in [5.41, 5.74) is 7.84. The summed E-state index contributed by atoms with van der Waals surface area (Å²) in [6, 6.07) is 7.92. The highest BCUT2D eigenvalue weighted by molar-refractivity contribution is 9.11. The molecule has 2 amide bonds. The fraction of sp³-hybridized carbons (Fsp3) is 0.409. The minimum absolute atomic E-state index is 0.0403. The Hall–Kier alpha value is -2.03. The van der Waals surface area contributed by atoms with Gasteiger partial charge in [0.15, 0.2) is 5.13 Å². The molecule has 2 aromatic rings. The van der Waals surface area contributed by atoms with Gasteiger partial charge in [-0.1, -0.05) is 47.8 Å². The van der Waals surface area contributed by atoms with E-state index in [-0.39, 0.29) is 40.9 Å². The molecule has 0 radical (unpaired) electrons. The van der Waals surface area contributed by atoms with E-state index >= 15 is 0 Å². The van der Waals surface area contributed by atoms with Gasteiger partial charge in [0.2, 0.25) is 11.8 Å². The molecule has 0 saturated heterocycles. The first-order valence-corrected chi connectivity index (χ1v) is 11.8. The van der Waals surface area contributed by atoms with Gasteiger partial charge in [-0.3, -0.25) is 9.59 Å². The third kappa shape index (κ3) is 3.31. The number of carbonyl (C=O) groups excluding carboxylic acids is 2. The lowest BCUT2D eigenvalue weighted by atomic mass is 9.81. The number of hydrogen-bond donors (Lipinski definition) is 3. The molecule has 2 fully saturated rings. The zero-order chi connectivity index (χ0) is 20.9. The standard InChI is InChI=1S/C22H23BrN4O2S/c23-16-11-26-21(30-16)27-20(29)18-15-6-5-14(22(15)7-8-22)17(18)19(28)25-10-13-3-1-12(9-24)2-4-13/h1-6,11,14-15,17-18H,7-10,24H2,(H,25,28)(H,26,27,29)/t14-,15+,17-,18-/m1/s1. The van der Waals surface area contributed by atoms with Crippen LogP contribution in [0.5, 0.6) is 0 Å². The monoisotopic (exact) mass is 486 g/mol. The lowest BCUT2D eigenvalue weighted by Crippen LogP contribution is -2.41. The predicted molar refractivity (Wildman–Crippen MR) is 119 cm³/mol. The van der Waals surface area contributed by atoms with Crippen molar-refractivity contribution in [1.82, 2.24) is 10.3 Å². The van der Waals surface area contributed by atoms with Crippen LogP contribution in [0.1, 0.15) is 24.0 Å². The molecule has 156 valence electrons. The lowest BCUT2D eigenvalue weighted by molar-refractivity contribution is -0.133. The largest absolute Gasteiger partial charge is 0.352 e. The average molecular weight is 487 g/mol. The van der Waals surface area contributed by atoms with E-state index in [0.29, 0.717) is 18.2 Å². The number of carbonyl (C=O) groups is 2. The van der Waals surface area contributed by atoms with Crippen LogP contribution < -0.4 is 16.4 Å². The Morgan fingerprint density at radius 3 is 2.30 bits per heavy atom. The van der Waals surface area contributed by atoms with Crippen LogP contribution in [0.2, 0.25) is 0 Å². The van der Waals surface area contributed by atoms with Gasteiger partial charge in [0.1, 0.15) is 0 Å². The van der Waals surface area contributed by atoms with Gasteiger partial charge in [-0.05, 0) is 57.1 Å². The van der Waals surface area contributed by atoms with Gasteiger partial charge < -0.3 is 16.4 Å². The number of anilines is 1. The molecule has 2 saturated carbocycles. The SMILES string of the molecule is NCc1ccc(CNC(=O)[C@H]2[C@H](C(=O)Nc3ncc(Br)s3)[C@@H]3C=C[C@H]2C32CC2)cc1. The van der Waals surface area contributed by atoms with E-state index in [9.17, 15) is 9.59 Å². The second-order valence-corrected chi connectivity index (χ2v) is 10.8. The lowest BCUT2D eigenvalue weighted by Gasteiger charge is -2.26. The van der Waals surface area contributed by atoms with E-state index in [1.807, 2.05) is 24.3 Å². The number of nitrogens with zero attached hydrogens (tertiary/aromatic N) is 1. The normalized spacial score (nSPS) is 27.4. The fourth-order valence-corrected chi connectivity index (χ4v) is 6.42. The van der Waals surface area contributed by atoms with Gasteiger partial charge in [0.25, 0.3) is 0 Å². The van der Waals surface area contributed by atoms with Gasteiger partial charge in [-0.2, -0.15) is 0 Å². The third-order valence-electron chi connectivity index (χ3n) is 6.88. The topological polar surface area (TPSA) is 97.1 Å². The number of halogens is 1. The predicted octanol–water partition coefficient (Wildman–Crippen LogP) is 3.45. The summed E-state index contributed by atoms with van der Waals surface area (Å²) in [6.07, 6.45) is 8.18. The molecule has 4 N–H and O–H groups in total. The molecular formula is C22H23BrN4O2S. The fourth-order valence-electron chi connectivity index (χ4n) is 5.31. The van der Waals surface area contributed by atoms with E-state index in [1.54, 1.807) is 6.20 Å². The molecule has 4 atom stereocenters. The molecule has 2 bridgehead atoms. The summed E-state index contributed by atoms with van der Waals surface area (Å²) in [4.78, 5) is 30.7. The molecule has 3 aliphatic carbocycles. The number of hydrogen-bond acceptors (Lipinski definition) is 5. The zero-order valence-electron chi connectivity index (χ0n) is 16.3. The summed E-state index contributed by atoms with van der Waals surface area (Å²) >= 11 is 4.75. The summed E-state index contributed by atoms with van der Waals surface area (Å²) in [6.45, 7) is 0.945. The summed E-state index contributed by atoms with van der Waals surface area (Å²) < 4.78 is 0.860. The van der Waals surface area contributed by atoms with Crippen molar-refractivity contribution in [3.8, 4) is 0 Å². The highest BCUT2D eigenvalue weighted by atomic mass is 79.9. The summed E-state index contributed by atoms with van der Waals surface area (Å²) in [7, 11) is 0. The Morgan fingerprint density at radius 1 is 1.10 bits per heavy atom. The van der Waals surface area contributed by atoms with Crippen LogP contribution in [0.4, 0.5) is 5.13 Å². The number of nitrogens with one attached hydrogen (secondary N) is 2. The van der Waals surface area contributed by atoms with E-state index in [0.717, 1.165) is 27.8 Å². The Morgan fingerprint density at radius 2 is 1.73 bits per heavy atom. The van der Waals surface area contributed by atoms with Crippen molar-refractivity contribution in [2.75, 3.05) is 5.32 Å². The van der Waals surface area contributed by atoms with E-state index in [2.05, 4.69) is 43.7 Å². The molecule has 1 aromatic carbocycles. The molecular weight excluding hydrogens is 464 g/mol. The van der Waals surface area contributed by atoms with Gasteiger partial charge in [0, 0.05) is 13.1 Å². The van der Waals surface area contributed by atoms with Gasteiger partial charge in [-0.15, -0.1) is 0 Å². The van der Waals surface area contributed by atoms with Crippen LogP contribution in [0.15, 0.2) is 46.4 Å². The van der Waals surface area contributed by atoms with E-state index in [4.69, 9.17) is 5.73 Å². The zero-order valence-corrected chi connectivity index (χ0v) is 18.7. The highest BCUT2D eigenvalue weighted by Gasteiger charge is 2.69. The van der Waals surface area contributed by atoms with Crippen molar-refractivity contribution in [3.63, 3.8) is 0 Å². The molecule has 3 aliphatic rings. The number of nitrogens with two attached hydrogens (primary N) is 1.